The van der Waals surface area contributed by atoms with Gasteiger partial charge in [-0.2, -0.15) is 0 Å². The van der Waals surface area contributed by atoms with Gasteiger partial charge in [-0.3, -0.25) is 9.59 Å². The minimum Gasteiger partial charge on any atom is -0.494 e. The number of carbonyl (C=O) groups is 2. The fourth-order valence-corrected chi connectivity index (χ4v) is 2.50. The molecule has 1 unspecified atom stereocenters. The van der Waals surface area contributed by atoms with Crippen molar-refractivity contribution >= 4 is 17.5 Å². The summed E-state index contributed by atoms with van der Waals surface area (Å²) in [6, 6.07) is 12.4. The molecule has 0 saturated carbocycles. The van der Waals surface area contributed by atoms with Crippen molar-refractivity contribution in [2.75, 3.05) is 11.9 Å². The van der Waals surface area contributed by atoms with Crippen molar-refractivity contribution in [2.24, 2.45) is 0 Å². The number of aryl methyl sites for hydroxylation is 1. The molecule has 5 nitrogen and oxygen atoms in total. The predicted octanol–water partition coefficient (Wildman–Crippen LogP) is 4.17. The van der Waals surface area contributed by atoms with Crippen molar-refractivity contribution in [1.82, 2.24) is 5.32 Å². The number of hydrogen-bond acceptors (Lipinski definition) is 3. The molecule has 0 heterocycles. The summed E-state index contributed by atoms with van der Waals surface area (Å²) in [5.41, 5.74) is 2.35. The molecule has 0 aliphatic carbocycles. The second-order valence-electron chi connectivity index (χ2n) is 6.20. The lowest BCUT2D eigenvalue weighted by atomic mass is 10.1. The summed E-state index contributed by atoms with van der Waals surface area (Å²) in [7, 11) is 0. The molecule has 0 spiro atoms. The highest BCUT2D eigenvalue weighted by Crippen LogP contribution is 2.21. The van der Waals surface area contributed by atoms with Crippen LogP contribution in [0.1, 0.15) is 53.5 Å². The molecular formula is C21H26N2O3. The number of ether oxygens (including phenoxy) is 1. The van der Waals surface area contributed by atoms with Crippen LogP contribution in [-0.2, 0) is 0 Å². The third kappa shape index (κ3) is 4.85. The fourth-order valence-electron chi connectivity index (χ4n) is 2.50. The van der Waals surface area contributed by atoms with Gasteiger partial charge in [0.25, 0.3) is 11.8 Å². The Morgan fingerprint density at radius 2 is 1.81 bits per heavy atom. The number of nitrogens with one attached hydrogen (secondary N) is 2. The van der Waals surface area contributed by atoms with E-state index >= 15 is 0 Å². The van der Waals surface area contributed by atoms with Crippen LogP contribution in [-0.4, -0.2) is 24.5 Å². The number of hydrogen-bond donors (Lipinski definition) is 2. The zero-order valence-electron chi connectivity index (χ0n) is 15.8. The zero-order chi connectivity index (χ0) is 19.1. The Morgan fingerprint density at radius 1 is 1.08 bits per heavy atom. The maximum absolute atomic E-state index is 12.6. The van der Waals surface area contributed by atoms with Crippen LogP contribution >= 0.6 is 0 Å². The molecule has 138 valence electrons. The van der Waals surface area contributed by atoms with Gasteiger partial charge in [-0.1, -0.05) is 19.1 Å². The van der Waals surface area contributed by atoms with Gasteiger partial charge in [-0.05, 0) is 63.1 Å². The van der Waals surface area contributed by atoms with E-state index in [9.17, 15) is 9.59 Å². The average Bonchev–Trinajstić information content (AvgIpc) is 2.63. The van der Waals surface area contributed by atoms with Crippen LogP contribution in [0.2, 0.25) is 0 Å². The Balaban J connectivity index is 2.19. The van der Waals surface area contributed by atoms with E-state index in [1.165, 1.54) is 0 Å². The summed E-state index contributed by atoms with van der Waals surface area (Å²) < 4.78 is 5.50. The standard InChI is InChI=1S/C21H26N2O3/c1-5-15(4)22-21(25)17-9-7-8-10-18(17)23-20(24)16-11-12-19(26-6-2)14(3)13-16/h7-13,15H,5-6H2,1-4H3,(H,22,25)(H,23,24). The summed E-state index contributed by atoms with van der Waals surface area (Å²) in [6.45, 7) is 8.34. The minimum atomic E-state index is -0.264. The van der Waals surface area contributed by atoms with Gasteiger partial charge < -0.3 is 15.4 Å². The first-order valence-electron chi connectivity index (χ1n) is 8.90. The van der Waals surface area contributed by atoms with Crippen LogP contribution in [0, 0.1) is 6.92 Å². The lowest BCUT2D eigenvalue weighted by Crippen LogP contribution is -2.32. The Kier molecular flexibility index (Phi) is 6.78. The van der Waals surface area contributed by atoms with Crippen molar-refractivity contribution in [3.05, 3.63) is 59.2 Å². The van der Waals surface area contributed by atoms with Crippen molar-refractivity contribution in [1.29, 1.82) is 0 Å². The first kappa shape index (κ1) is 19.5. The number of anilines is 1. The van der Waals surface area contributed by atoms with Gasteiger partial charge in [0.1, 0.15) is 5.75 Å². The SMILES string of the molecule is CCOc1ccc(C(=O)Nc2ccccc2C(=O)NC(C)CC)cc1C. The van der Waals surface area contributed by atoms with E-state index in [0.29, 0.717) is 23.4 Å². The fraction of sp³-hybridized carbons (Fsp3) is 0.333. The van der Waals surface area contributed by atoms with E-state index in [0.717, 1.165) is 17.7 Å². The molecule has 1 atom stereocenters. The minimum absolute atomic E-state index is 0.0695. The van der Waals surface area contributed by atoms with Crippen molar-refractivity contribution in [3.63, 3.8) is 0 Å². The van der Waals surface area contributed by atoms with E-state index in [-0.39, 0.29) is 17.9 Å². The van der Waals surface area contributed by atoms with Crippen LogP contribution in [0.15, 0.2) is 42.5 Å². The summed E-state index contributed by atoms with van der Waals surface area (Å²) in [5, 5.41) is 5.76. The first-order chi connectivity index (χ1) is 12.5. The maximum atomic E-state index is 12.6. The molecule has 0 aliphatic rings. The Hall–Kier alpha value is -2.82. The van der Waals surface area contributed by atoms with E-state index in [2.05, 4.69) is 10.6 Å². The third-order valence-corrected chi connectivity index (χ3v) is 4.15. The number of benzene rings is 2. The molecule has 0 saturated heterocycles. The quantitative estimate of drug-likeness (QED) is 0.784. The van der Waals surface area contributed by atoms with Crippen molar-refractivity contribution in [3.8, 4) is 5.75 Å². The Morgan fingerprint density at radius 3 is 2.46 bits per heavy atom. The molecule has 5 heteroatoms. The van der Waals surface area contributed by atoms with Crippen LogP contribution in [0.3, 0.4) is 0 Å². The van der Waals surface area contributed by atoms with Crippen molar-refractivity contribution < 1.29 is 14.3 Å². The summed E-state index contributed by atoms with van der Waals surface area (Å²) in [5.74, 6) is 0.301. The average molecular weight is 354 g/mol. The van der Waals surface area contributed by atoms with E-state index < -0.39 is 0 Å². The summed E-state index contributed by atoms with van der Waals surface area (Å²) >= 11 is 0. The highest BCUT2D eigenvalue weighted by atomic mass is 16.5. The molecule has 26 heavy (non-hydrogen) atoms. The number of carbonyl (C=O) groups excluding carboxylic acids is 2. The second kappa shape index (κ2) is 9.04. The molecule has 2 amide bonds. The Bertz CT molecular complexity index is 787. The van der Waals surface area contributed by atoms with E-state index in [1.807, 2.05) is 27.7 Å². The molecule has 0 radical (unpaired) electrons. The second-order valence-corrected chi connectivity index (χ2v) is 6.20. The first-order valence-corrected chi connectivity index (χ1v) is 8.90. The summed E-state index contributed by atoms with van der Waals surface area (Å²) in [4.78, 5) is 25.0. The zero-order valence-corrected chi connectivity index (χ0v) is 15.8. The predicted molar refractivity (Wildman–Crippen MR) is 104 cm³/mol. The summed E-state index contributed by atoms with van der Waals surface area (Å²) in [6.07, 6.45) is 0.839. The molecule has 2 aromatic rings. The molecule has 2 N–H and O–H groups in total. The molecule has 2 rings (SSSR count). The van der Waals surface area contributed by atoms with Crippen molar-refractivity contribution in [2.45, 2.75) is 40.2 Å². The Labute approximate surface area is 154 Å². The highest BCUT2D eigenvalue weighted by molar-refractivity contribution is 6.09. The van der Waals surface area contributed by atoms with Gasteiger partial charge in [0.05, 0.1) is 17.9 Å². The van der Waals surface area contributed by atoms with Gasteiger partial charge >= 0.3 is 0 Å². The molecule has 0 fully saturated rings. The largest absolute Gasteiger partial charge is 0.494 e. The lowest BCUT2D eigenvalue weighted by Gasteiger charge is -2.15. The highest BCUT2D eigenvalue weighted by Gasteiger charge is 2.16. The molecule has 0 aromatic heterocycles. The number of para-hydroxylation sites is 1. The molecule has 0 bridgehead atoms. The van der Waals surface area contributed by atoms with Crippen LogP contribution < -0.4 is 15.4 Å². The lowest BCUT2D eigenvalue weighted by molar-refractivity contribution is 0.0940. The molecule has 2 aromatic carbocycles. The van der Waals surface area contributed by atoms with Gasteiger partial charge in [0.2, 0.25) is 0 Å². The van der Waals surface area contributed by atoms with Gasteiger partial charge in [0, 0.05) is 11.6 Å². The topological polar surface area (TPSA) is 67.4 Å². The van der Waals surface area contributed by atoms with Gasteiger partial charge in [-0.15, -0.1) is 0 Å². The number of amides is 2. The third-order valence-electron chi connectivity index (χ3n) is 4.15. The van der Waals surface area contributed by atoms with Gasteiger partial charge in [0.15, 0.2) is 0 Å². The van der Waals surface area contributed by atoms with Crippen LogP contribution in [0.5, 0.6) is 5.75 Å². The maximum Gasteiger partial charge on any atom is 0.255 e. The van der Waals surface area contributed by atoms with Crippen LogP contribution in [0.4, 0.5) is 5.69 Å². The number of rotatable bonds is 7. The van der Waals surface area contributed by atoms with E-state index in [1.54, 1.807) is 42.5 Å². The smallest absolute Gasteiger partial charge is 0.255 e. The van der Waals surface area contributed by atoms with Gasteiger partial charge in [-0.25, -0.2) is 0 Å². The van der Waals surface area contributed by atoms with Crippen LogP contribution in [0.25, 0.3) is 0 Å². The molecular weight excluding hydrogens is 328 g/mol. The molecule has 0 aliphatic heterocycles. The van der Waals surface area contributed by atoms with E-state index in [4.69, 9.17) is 4.74 Å². The monoisotopic (exact) mass is 354 g/mol. The normalized spacial score (nSPS) is 11.5.